The van der Waals surface area contributed by atoms with Crippen molar-refractivity contribution < 1.29 is 14.6 Å². The number of carbonyl (C=O) groups is 1. The number of methoxy groups -OCH3 is 1. The van der Waals surface area contributed by atoms with Crippen LogP contribution in [0.3, 0.4) is 0 Å². The van der Waals surface area contributed by atoms with Gasteiger partial charge in [0, 0.05) is 7.05 Å². The lowest BCUT2D eigenvalue weighted by molar-refractivity contribution is -0.142. The maximum absolute atomic E-state index is 11.5. The van der Waals surface area contributed by atoms with E-state index >= 15 is 0 Å². The number of likely N-dealkylation sites (N-methyl/N-ethyl adjacent to an activating group) is 1. The zero-order valence-corrected chi connectivity index (χ0v) is 10.1. The zero-order chi connectivity index (χ0) is 13.2. The summed E-state index contributed by atoms with van der Waals surface area (Å²) in [5, 5.41) is 9.11. The highest BCUT2D eigenvalue weighted by molar-refractivity contribution is 5.82. The SMILES string of the molecule is COc1c(N(C)C(C)(C)C(=O)O)nc[nH]c1=O. The molecule has 1 aromatic rings. The van der Waals surface area contributed by atoms with Crippen LogP contribution in [0, 0.1) is 0 Å². The quantitative estimate of drug-likeness (QED) is 0.775. The molecule has 0 spiro atoms. The number of aromatic nitrogens is 2. The van der Waals surface area contributed by atoms with Crippen molar-refractivity contribution in [2.45, 2.75) is 19.4 Å². The number of nitrogens with zero attached hydrogens (tertiary/aromatic N) is 2. The number of anilines is 1. The maximum atomic E-state index is 11.5. The standard InChI is InChI=1S/C10H15N3O4/c1-10(2,9(15)16)13(3)7-6(17-4)8(14)12-5-11-7/h5H,1-4H3,(H,15,16)(H,11,12,14). The van der Waals surface area contributed by atoms with Crippen LogP contribution in [0.15, 0.2) is 11.1 Å². The van der Waals surface area contributed by atoms with Crippen LogP contribution in [0.25, 0.3) is 0 Å². The largest absolute Gasteiger partial charge is 0.489 e. The van der Waals surface area contributed by atoms with Gasteiger partial charge in [-0.15, -0.1) is 0 Å². The van der Waals surface area contributed by atoms with Crippen molar-refractivity contribution in [3.63, 3.8) is 0 Å². The fourth-order valence-corrected chi connectivity index (χ4v) is 1.21. The molecule has 0 amide bonds. The predicted molar refractivity (Wildman–Crippen MR) is 61.5 cm³/mol. The van der Waals surface area contributed by atoms with Crippen LogP contribution in [0.2, 0.25) is 0 Å². The summed E-state index contributed by atoms with van der Waals surface area (Å²) in [6.45, 7) is 3.02. The minimum Gasteiger partial charge on any atom is -0.489 e. The van der Waals surface area contributed by atoms with Crippen molar-refractivity contribution in [1.29, 1.82) is 0 Å². The molecule has 17 heavy (non-hydrogen) atoms. The number of carboxylic acids is 1. The van der Waals surface area contributed by atoms with Crippen LogP contribution in [0.1, 0.15) is 13.8 Å². The van der Waals surface area contributed by atoms with Crippen LogP contribution >= 0.6 is 0 Å². The Bertz CT molecular complexity index is 481. The lowest BCUT2D eigenvalue weighted by atomic mass is 10.0. The Hall–Kier alpha value is -2.05. The minimum absolute atomic E-state index is 0.00988. The summed E-state index contributed by atoms with van der Waals surface area (Å²) in [6, 6.07) is 0. The third-order valence-corrected chi connectivity index (χ3v) is 2.68. The number of hydrogen-bond acceptors (Lipinski definition) is 5. The Balaban J connectivity index is 3.30. The first-order chi connectivity index (χ1) is 7.82. The molecule has 0 unspecified atom stereocenters. The number of aromatic amines is 1. The van der Waals surface area contributed by atoms with E-state index in [1.807, 2.05) is 0 Å². The van der Waals surface area contributed by atoms with E-state index in [1.165, 1.54) is 32.2 Å². The summed E-state index contributed by atoms with van der Waals surface area (Å²) in [6.07, 6.45) is 1.20. The second-order valence-electron chi connectivity index (χ2n) is 4.01. The van der Waals surface area contributed by atoms with Gasteiger partial charge in [0.25, 0.3) is 5.56 Å². The lowest BCUT2D eigenvalue weighted by Gasteiger charge is -2.32. The van der Waals surface area contributed by atoms with E-state index < -0.39 is 17.1 Å². The smallest absolute Gasteiger partial charge is 0.328 e. The highest BCUT2D eigenvalue weighted by Gasteiger charge is 2.34. The van der Waals surface area contributed by atoms with Gasteiger partial charge in [-0.1, -0.05) is 0 Å². The highest BCUT2D eigenvalue weighted by atomic mass is 16.5. The maximum Gasteiger partial charge on any atom is 0.328 e. The molecule has 1 rings (SSSR count). The van der Waals surface area contributed by atoms with E-state index in [0.717, 1.165) is 0 Å². The van der Waals surface area contributed by atoms with E-state index in [9.17, 15) is 9.59 Å². The van der Waals surface area contributed by atoms with Gasteiger partial charge in [0.05, 0.1) is 13.4 Å². The van der Waals surface area contributed by atoms with Crippen molar-refractivity contribution in [2.24, 2.45) is 0 Å². The van der Waals surface area contributed by atoms with Crippen LogP contribution in [0.4, 0.5) is 5.82 Å². The zero-order valence-electron chi connectivity index (χ0n) is 10.1. The van der Waals surface area contributed by atoms with Crippen LogP contribution in [0.5, 0.6) is 5.75 Å². The van der Waals surface area contributed by atoms with Gasteiger partial charge in [0.1, 0.15) is 5.54 Å². The van der Waals surface area contributed by atoms with E-state index in [4.69, 9.17) is 9.84 Å². The van der Waals surface area contributed by atoms with E-state index in [0.29, 0.717) is 0 Å². The Morgan fingerprint density at radius 3 is 2.65 bits per heavy atom. The molecule has 0 saturated carbocycles. The summed E-state index contributed by atoms with van der Waals surface area (Å²) in [5.41, 5.74) is -1.65. The number of nitrogens with one attached hydrogen (secondary N) is 1. The molecule has 94 valence electrons. The number of aliphatic carboxylic acids is 1. The molecule has 2 N–H and O–H groups in total. The molecule has 0 aliphatic rings. The molecule has 1 heterocycles. The van der Waals surface area contributed by atoms with Gasteiger partial charge in [0.15, 0.2) is 5.82 Å². The molecular weight excluding hydrogens is 226 g/mol. The molecule has 1 aromatic heterocycles. The molecule has 0 bridgehead atoms. The van der Waals surface area contributed by atoms with Crippen molar-refractivity contribution in [3.05, 3.63) is 16.7 Å². The van der Waals surface area contributed by atoms with Gasteiger partial charge in [-0.25, -0.2) is 9.78 Å². The Kier molecular flexibility index (Phi) is 3.40. The summed E-state index contributed by atoms with van der Waals surface area (Å²) in [4.78, 5) is 30.3. The number of carboxylic acid groups (broad SMARTS) is 1. The fraction of sp³-hybridized carbons (Fsp3) is 0.500. The molecule has 0 radical (unpaired) electrons. The first-order valence-electron chi connectivity index (χ1n) is 4.91. The minimum atomic E-state index is -1.20. The van der Waals surface area contributed by atoms with Gasteiger partial charge in [-0.05, 0) is 13.8 Å². The van der Waals surface area contributed by atoms with E-state index in [1.54, 1.807) is 7.05 Å². The summed E-state index contributed by atoms with van der Waals surface area (Å²) in [5.74, 6) is -0.850. The Morgan fingerprint density at radius 2 is 2.18 bits per heavy atom. The van der Waals surface area contributed by atoms with E-state index in [2.05, 4.69) is 9.97 Å². The molecule has 0 fully saturated rings. The van der Waals surface area contributed by atoms with Crippen LogP contribution < -0.4 is 15.2 Å². The fourth-order valence-electron chi connectivity index (χ4n) is 1.21. The Morgan fingerprint density at radius 1 is 1.59 bits per heavy atom. The van der Waals surface area contributed by atoms with Gasteiger partial charge in [-0.2, -0.15) is 0 Å². The number of H-pyrrole nitrogens is 1. The molecule has 7 heteroatoms. The van der Waals surface area contributed by atoms with Crippen molar-refractivity contribution in [3.8, 4) is 5.75 Å². The lowest BCUT2D eigenvalue weighted by Crippen LogP contribution is -2.49. The third kappa shape index (κ3) is 2.22. The summed E-state index contributed by atoms with van der Waals surface area (Å²) < 4.78 is 4.93. The molecule has 0 atom stereocenters. The van der Waals surface area contributed by atoms with Gasteiger partial charge in [-0.3, -0.25) is 4.79 Å². The number of ether oxygens (including phenoxy) is 1. The van der Waals surface area contributed by atoms with Gasteiger partial charge in [0.2, 0.25) is 5.75 Å². The number of hydrogen-bond donors (Lipinski definition) is 2. The molecule has 0 saturated heterocycles. The second kappa shape index (κ2) is 4.44. The second-order valence-corrected chi connectivity index (χ2v) is 4.01. The first kappa shape index (κ1) is 13.0. The Labute approximate surface area is 98.1 Å². The highest BCUT2D eigenvalue weighted by Crippen LogP contribution is 2.26. The summed E-state index contributed by atoms with van der Waals surface area (Å²) >= 11 is 0. The summed E-state index contributed by atoms with van der Waals surface area (Å²) in [7, 11) is 2.87. The topological polar surface area (TPSA) is 95.5 Å². The van der Waals surface area contributed by atoms with Crippen LogP contribution in [-0.4, -0.2) is 40.7 Å². The van der Waals surface area contributed by atoms with Crippen molar-refractivity contribution in [1.82, 2.24) is 9.97 Å². The molecule has 0 aromatic carbocycles. The monoisotopic (exact) mass is 241 g/mol. The average molecular weight is 241 g/mol. The van der Waals surface area contributed by atoms with Gasteiger partial charge >= 0.3 is 5.97 Å². The van der Waals surface area contributed by atoms with E-state index in [-0.39, 0.29) is 11.6 Å². The molecular formula is C10H15N3O4. The molecule has 7 nitrogen and oxygen atoms in total. The molecule has 0 aliphatic heterocycles. The van der Waals surface area contributed by atoms with Crippen LogP contribution in [-0.2, 0) is 4.79 Å². The van der Waals surface area contributed by atoms with Crippen molar-refractivity contribution in [2.75, 3.05) is 19.1 Å². The first-order valence-corrected chi connectivity index (χ1v) is 4.91. The van der Waals surface area contributed by atoms with Crippen molar-refractivity contribution >= 4 is 11.8 Å². The normalized spacial score (nSPS) is 11.1. The van der Waals surface area contributed by atoms with Gasteiger partial charge < -0.3 is 19.7 Å². The third-order valence-electron chi connectivity index (χ3n) is 2.68. The average Bonchev–Trinajstić information content (AvgIpc) is 2.27. The predicted octanol–water partition coefficient (Wildman–Crippen LogP) is 0.0779. The number of rotatable bonds is 4. The molecule has 0 aliphatic carbocycles.